The van der Waals surface area contributed by atoms with Gasteiger partial charge in [0.1, 0.15) is 0 Å². The Labute approximate surface area is 127 Å². The molecule has 0 bridgehead atoms. The molecule has 0 radical (unpaired) electrons. The average Bonchev–Trinajstić information content (AvgIpc) is 2.98. The van der Waals surface area contributed by atoms with E-state index in [1.54, 1.807) is 0 Å². The van der Waals surface area contributed by atoms with Crippen LogP contribution in [0.1, 0.15) is 49.8 Å². The summed E-state index contributed by atoms with van der Waals surface area (Å²) in [5.41, 5.74) is 2.57. The first-order valence-corrected chi connectivity index (χ1v) is 8.24. The zero-order valence-corrected chi connectivity index (χ0v) is 13.2. The van der Waals surface area contributed by atoms with Crippen LogP contribution in [-0.4, -0.2) is 30.9 Å². The van der Waals surface area contributed by atoms with E-state index in [0.717, 1.165) is 45.2 Å². The molecule has 2 atom stereocenters. The van der Waals surface area contributed by atoms with Gasteiger partial charge in [0.25, 0.3) is 0 Å². The van der Waals surface area contributed by atoms with Crippen LogP contribution in [0.4, 0.5) is 0 Å². The number of amides is 1. The minimum Gasteiger partial charge on any atom is -0.338 e. The molecule has 0 spiro atoms. The maximum absolute atomic E-state index is 13.1. The van der Waals surface area contributed by atoms with Gasteiger partial charge in [-0.05, 0) is 49.8 Å². The number of benzene rings is 1. The second kappa shape index (κ2) is 5.80. The number of carbonyl (C=O) groups is 1. The highest BCUT2D eigenvalue weighted by Crippen LogP contribution is 2.39. The van der Waals surface area contributed by atoms with Crippen LogP contribution in [0.25, 0.3) is 0 Å². The normalized spacial score (nSPS) is 28.2. The number of nitrogens with one attached hydrogen (secondary N) is 1. The Bertz CT molecular complexity index is 520. The maximum Gasteiger partial charge on any atom is 0.230 e. The van der Waals surface area contributed by atoms with E-state index in [4.69, 9.17) is 0 Å². The summed E-state index contributed by atoms with van der Waals surface area (Å²) in [7, 11) is 2.00. The van der Waals surface area contributed by atoms with E-state index in [1.807, 2.05) is 11.9 Å². The van der Waals surface area contributed by atoms with Crippen molar-refractivity contribution >= 4 is 5.91 Å². The Morgan fingerprint density at radius 1 is 1.43 bits per heavy atom. The molecular weight excluding hydrogens is 260 g/mol. The summed E-state index contributed by atoms with van der Waals surface area (Å²) >= 11 is 0. The number of hydrogen-bond acceptors (Lipinski definition) is 2. The molecule has 0 aromatic heterocycles. The van der Waals surface area contributed by atoms with Gasteiger partial charge < -0.3 is 10.2 Å². The van der Waals surface area contributed by atoms with Gasteiger partial charge in [0, 0.05) is 13.6 Å². The van der Waals surface area contributed by atoms with Crippen molar-refractivity contribution in [3.8, 4) is 0 Å². The van der Waals surface area contributed by atoms with Crippen LogP contribution in [0.5, 0.6) is 0 Å². The molecule has 0 saturated carbocycles. The first-order valence-electron chi connectivity index (χ1n) is 8.24. The Morgan fingerprint density at radius 3 is 2.95 bits per heavy atom. The van der Waals surface area contributed by atoms with Gasteiger partial charge in [-0.25, -0.2) is 0 Å². The molecule has 3 rings (SSSR count). The molecule has 3 nitrogen and oxygen atoms in total. The first-order chi connectivity index (χ1) is 10.2. The van der Waals surface area contributed by atoms with E-state index in [0.29, 0.717) is 5.91 Å². The monoisotopic (exact) mass is 286 g/mol. The Morgan fingerprint density at radius 2 is 2.24 bits per heavy atom. The Balaban J connectivity index is 1.82. The molecule has 1 aromatic carbocycles. The number of hydrogen-bond donors (Lipinski definition) is 1. The van der Waals surface area contributed by atoms with Crippen LogP contribution in [0.15, 0.2) is 24.3 Å². The van der Waals surface area contributed by atoms with Crippen LogP contribution in [0.2, 0.25) is 0 Å². The fourth-order valence-corrected chi connectivity index (χ4v) is 4.06. The smallest absolute Gasteiger partial charge is 0.230 e. The molecule has 1 amide bonds. The third-order valence-electron chi connectivity index (χ3n) is 5.49. The fraction of sp³-hybridized carbons (Fsp3) is 0.611. The third-order valence-corrected chi connectivity index (χ3v) is 5.49. The van der Waals surface area contributed by atoms with Gasteiger partial charge in [0.15, 0.2) is 0 Å². The zero-order chi connectivity index (χ0) is 14.9. The van der Waals surface area contributed by atoms with Gasteiger partial charge in [-0.3, -0.25) is 4.79 Å². The lowest BCUT2D eigenvalue weighted by molar-refractivity contribution is -0.144. The molecule has 1 aromatic rings. The molecule has 2 unspecified atom stereocenters. The van der Waals surface area contributed by atoms with Gasteiger partial charge in [0.05, 0.1) is 11.5 Å². The van der Waals surface area contributed by atoms with Crippen LogP contribution in [0, 0.1) is 5.41 Å². The van der Waals surface area contributed by atoms with Crippen molar-refractivity contribution in [1.29, 1.82) is 0 Å². The summed E-state index contributed by atoms with van der Waals surface area (Å²) in [5, 5.41) is 3.42. The maximum atomic E-state index is 13.1. The van der Waals surface area contributed by atoms with Crippen LogP contribution >= 0.6 is 0 Å². The van der Waals surface area contributed by atoms with E-state index in [2.05, 4.69) is 36.5 Å². The van der Waals surface area contributed by atoms with Crippen LogP contribution in [-0.2, 0) is 11.2 Å². The van der Waals surface area contributed by atoms with Crippen LogP contribution in [0.3, 0.4) is 0 Å². The minimum absolute atomic E-state index is 0.190. The fourth-order valence-electron chi connectivity index (χ4n) is 4.06. The highest BCUT2D eigenvalue weighted by molar-refractivity contribution is 5.83. The molecule has 1 aliphatic carbocycles. The van der Waals surface area contributed by atoms with Gasteiger partial charge in [-0.1, -0.05) is 31.2 Å². The lowest BCUT2D eigenvalue weighted by Gasteiger charge is -2.40. The summed E-state index contributed by atoms with van der Waals surface area (Å²) in [6.45, 7) is 4.04. The van der Waals surface area contributed by atoms with Crippen molar-refractivity contribution in [3.63, 3.8) is 0 Å². The molecule has 114 valence electrons. The van der Waals surface area contributed by atoms with Crippen molar-refractivity contribution in [2.45, 2.75) is 45.1 Å². The van der Waals surface area contributed by atoms with E-state index in [-0.39, 0.29) is 11.5 Å². The van der Waals surface area contributed by atoms with Crippen molar-refractivity contribution in [2.75, 3.05) is 20.1 Å². The second-order valence-electron chi connectivity index (χ2n) is 6.58. The number of piperidine rings is 1. The predicted octanol–water partition coefficient (Wildman–Crippen LogP) is 2.91. The second-order valence-corrected chi connectivity index (χ2v) is 6.58. The molecule has 21 heavy (non-hydrogen) atoms. The Kier molecular flexibility index (Phi) is 4.03. The van der Waals surface area contributed by atoms with Gasteiger partial charge in [-0.2, -0.15) is 0 Å². The molecule has 1 aliphatic heterocycles. The standard InChI is InChI=1S/C18H26N2O/c1-3-18(11-6-12-19-13-18)17(21)20(2)16-10-9-14-7-4-5-8-15(14)16/h4-5,7-8,16,19H,3,6,9-13H2,1-2H3. The molecular formula is C18H26N2O. The summed E-state index contributed by atoms with van der Waals surface area (Å²) in [4.78, 5) is 15.2. The number of carbonyl (C=O) groups excluding carboxylic acids is 1. The summed E-state index contributed by atoms with van der Waals surface area (Å²) in [5.74, 6) is 0.332. The number of nitrogens with zero attached hydrogens (tertiary/aromatic N) is 1. The minimum atomic E-state index is -0.190. The van der Waals surface area contributed by atoms with Gasteiger partial charge >= 0.3 is 0 Å². The first kappa shape index (κ1) is 14.6. The quantitative estimate of drug-likeness (QED) is 0.926. The van der Waals surface area contributed by atoms with E-state index >= 15 is 0 Å². The summed E-state index contributed by atoms with van der Waals surface area (Å²) < 4.78 is 0. The zero-order valence-electron chi connectivity index (χ0n) is 13.2. The van der Waals surface area contributed by atoms with E-state index < -0.39 is 0 Å². The van der Waals surface area contributed by atoms with Crippen molar-refractivity contribution in [2.24, 2.45) is 5.41 Å². The molecule has 1 saturated heterocycles. The SMILES string of the molecule is CCC1(C(=O)N(C)C2CCc3ccccc32)CCCNC1. The molecule has 1 N–H and O–H groups in total. The third kappa shape index (κ3) is 2.48. The highest BCUT2D eigenvalue weighted by Gasteiger charge is 2.42. The van der Waals surface area contributed by atoms with Crippen molar-refractivity contribution in [3.05, 3.63) is 35.4 Å². The lowest BCUT2D eigenvalue weighted by atomic mass is 9.76. The average molecular weight is 286 g/mol. The van der Waals surface area contributed by atoms with E-state index in [1.165, 1.54) is 11.1 Å². The lowest BCUT2D eigenvalue weighted by Crippen LogP contribution is -2.51. The van der Waals surface area contributed by atoms with Crippen LogP contribution < -0.4 is 5.32 Å². The van der Waals surface area contributed by atoms with Gasteiger partial charge in [-0.15, -0.1) is 0 Å². The van der Waals surface area contributed by atoms with E-state index in [9.17, 15) is 4.79 Å². The van der Waals surface area contributed by atoms with Crippen molar-refractivity contribution in [1.82, 2.24) is 10.2 Å². The topological polar surface area (TPSA) is 32.3 Å². The summed E-state index contributed by atoms with van der Waals surface area (Å²) in [6, 6.07) is 8.84. The Hall–Kier alpha value is -1.35. The van der Waals surface area contributed by atoms with Crippen molar-refractivity contribution < 1.29 is 4.79 Å². The molecule has 1 fully saturated rings. The molecule has 2 aliphatic rings. The highest BCUT2D eigenvalue weighted by atomic mass is 16.2. The predicted molar refractivity (Wildman–Crippen MR) is 85.1 cm³/mol. The molecule has 1 heterocycles. The summed E-state index contributed by atoms with van der Waals surface area (Å²) in [6.07, 6.45) is 5.21. The number of aryl methyl sites for hydroxylation is 1. The molecule has 3 heteroatoms. The van der Waals surface area contributed by atoms with Gasteiger partial charge in [0.2, 0.25) is 5.91 Å². The largest absolute Gasteiger partial charge is 0.338 e. The number of fused-ring (bicyclic) bond motifs is 1. The number of rotatable bonds is 3.